The van der Waals surface area contributed by atoms with E-state index < -0.39 is 11.7 Å². The van der Waals surface area contributed by atoms with Gasteiger partial charge in [-0.25, -0.2) is 0 Å². The molecule has 0 aliphatic heterocycles. The van der Waals surface area contributed by atoms with Crippen LogP contribution in [-0.4, -0.2) is 20.2 Å². The van der Waals surface area contributed by atoms with Crippen molar-refractivity contribution < 1.29 is 17.9 Å². The zero-order chi connectivity index (χ0) is 12.6. The molecule has 94 valence electrons. The van der Waals surface area contributed by atoms with E-state index >= 15 is 0 Å². The van der Waals surface area contributed by atoms with Crippen LogP contribution in [0.25, 0.3) is 0 Å². The molecule has 1 aromatic carbocycles. The fraction of sp³-hybridized carbons (Fsp3) is 0.500. The maximum atomic E-state index is 12.8. The summed E-state index contributed by atoms with van der Waals surface area (Å²) in [5.74, 6) is -0.0637. The van der Waals surface area contributed by atoms with Crippen LogP contribution in [0.5, 0.6) is 5.75 Å². The number of alkyl halides is 3. The molecule has 1 aliphatic rings. The molecule has 1 fully saturated rings. The Labute approximate surface area is 98.0 Å². The summed E-state index contributed by atoms with van der Waals surface area (Å²) in [5, 5.41) is 0. The van der Waals surface area contributed by atoms with Crippen LogP contribution in [0, 0.1) is 0 Å². The highest BCUT2D eigenvalue weighted by atomic mass is 19.4. The lowest BCUT2D eigenvalue weighted by Crippen LogP contribution is -2.13. The molecule has 0 N–H and O–H groups in total. The highest BCUT2D eigenvalue weighted by molar-refractivity contribution is 5.53. The van der Waals surface area contributed by atoms with Gasteiger partial charge in [0.05, 0.1) is 11.7 Å². The van der Waals surface area contributed by atoms with Crippen LogP contribution in [0.3, 0.4) is 0 Å². The third kappa shape index (κ3) is 2.84. The molecule has 1 aromatic rings. The Morgan fingerprint density at radius 1 is 1.24 bits per heavy atom. The summed E-state index contributed by atoms with van der Waals surface area (Å²) in [6.45, 7) is 0. The molecule has 0 saturated heterocycles. The van der Waals surface area contributed by atoms with Crippen molar-refractivity contribution in [3.05, 3.63) is 23.8 Å². The largest absolute Gasteiger partial charge is 0.490 e. The Balaban J connectivity index is 2.36. The van der Waals surface area contributed by atoms with Gasteiger partial charge < -0.3 is 9.64 Å². The molecule has 0 bridgehead atoms. The van der Waals surface area contributed by atoms with Crippen LogP contribution in [0.1, 0.15) is 18.4 Å². The lowest BCUT2D eigenvalue weighted by molar-refractivity contribution is -0.139. The van der Waals surface area contributed by atoms with E-state index in [1.807, 2.05) is 0 Å². The number of hydrogen-bond donors (Lipinski definition) is 0. The smallest absolute Gasteiger partial charge is 0.419 e. The van der Waals surface area contributed by atoms with Crippen molar-refractivity contribution in [2.75, 3.05) is 19.0 Å². The highest BCUT2D eigenvalue weighted by Crippen LogP contribution is 2.40. The quantitative estimate of drug-likeness (QED) is 0.810. The zero-order valence-electron chi connectivity index (χ0n) is 9.71. The molecular weight excluding hydrogens is 231 g/mol. The number of rotatable bonds is 3. The number of benzene rings is 1. The van der Waals surface area contributed by atoms with Crippen molar-refractivity contribution in [3.8, 4) is 5.75 Å². The standard InChI is InChI=1S/C12H14F3NO/c1-16(2)8-3-6-10(12(13,14)15)11(7-8)17-9-4-5-9/h3,6-7,9H,4-5H2,1-2H3. The van der Waals surface area contributed by atoms with Crippen LogP contribution in [0.4, 0.5) is 18.9 Å². The van der Waals surface area contributed by atoms with Crippen molar-refractivity contribution in [1.82, 2.24) is 0 Å². The van der Waals surface area contributed by atoms with Gasteiger partial charge in [0.2, 0.25) is 0 Å². The lowest BCUT2D eigenvalue weighted by Gasteiger charge is -2.18. The molecule has 2 rings (SSSR count). The Bertz CT molecular complexity index is 411. The molecule has 0 unspecified atom stereocenters. The first-order valence-corrected chi connectivity index (χ1v) is 5.43. The average molecular weight is 245 g/mol. The predicted octanol–water partition coefficient (Wildman–Crippen LogP) is 3.31. The molecule has 0 heterocycles. The van der Waals surface area contributed by atoms with Crippen molar-refractivity contribution in [2.24, 2.45) is 0 Å². The van der Waals surface area contributed by atoms with Gasteiger partial charge in [-0.3, -0.25) is 0 Å². The second-order valence-electron chi connectivity index (χ2n) is 4.39. The summed E-state index contributed by atoms with van der Waals surface area (Å²) in [6.07, 6.45) is -2.74. The third-order valence-electron chi connectivity index (χ3n) is 2.61. The SMILES string of the molecule is CN(C)c1ccc(C(F)(F)F)c(OC2CC2)c1. The Hall–Kier alpha value is -1.39. The number of ether oxygens (including phenoxy) is 1. The van der Waals surface area contributed by atoms with Gasteiger partial charge >= 0.3 is 6.18 Å². The molecule has 1 saturated carbocycles. The molecule has 0 amide bonds. The normalized spacial score (nSPS) is 15.8. The van der Waals surface area contributed by atoms with Gasteiger partial charge in [-0.15, -0.1) is 0 Å². The summed E-state index contributed by atoms with van der Waals surface area (Å²) >= 11 is 0. The highest BCUT2D eigenvalue weighted by Gasteiger charge is 2.36. The van der Waals surface area contributed by atoms with Gasteiger partial charge in [0, 0.05) is 25.8 Å². The minimum absolute atomic E-state index is 0.0477. The maximum absolute atomic E-state index is 12.8. The molecule has 0 spiro atoms. The van der Waals surface area contributed by atoms with Gasteiger partial charge in [0.25, 0.3) is 0 Å². The summed E-state index contributed by atoms with van der Waals surface area (Å²) in [7, 11) is 3.56. The Kier molecular flexibility index (Phi) is 2.93. The lowest BCUT2D eigenvalue weighted by atomic mass is 10.1. The maximum Gasteiger partial charge on any atom is 0.419 e. The molecule has 0 atom stereocenters. The number of anilines is 1. The van der Waals surface area contributed by atoms with Gasteiger partial charge in [0.15, 0.2) is 0 Å². The molecule has 0 aromatic heterocycles. The molecule has 17 heavy (non-hydrogen) atoms. The minimum Gasteiger partial charge on any atom is -0.490 e. The first-order valence-electron chi connectivity index (χ1n) is 5.43. The van der Waals surface area contributed by atoms with E-state index in [1.54, 1.807) is 19.0 Å². The topological polar surface area (TPSA) is 12.5 Å². The number of halogens is 3. The predicted molar refractivity (Wildman–Crippen MR) is 59.4 cm³/mol. The van der Waals surface area contributed by atoms with E-state index in [1.165, 1.54) is 12.1 Å². The van der Waals surface area contributed by atoms with Gasteiger partial charge in [-0.2, -0.15) is 13.2 Å². The first-order chi connectivity index (χ1) is 7.88. The average Bonchev–Trinajstić information content (AvgIpc) is 2.99. The molecule has 5 heteroatoms. The van der Waals surface area contributed by atoms with Gasteiger partial charge in [0.1, 0.15) is 5.75 Å². The summed E-state index contributed by atoms with van der Waals surface area (Å²) in [4.78, 5) is 1.75. The fourth-order valence-corrected chi connectivity index (χ4v) is 1.49. The summed E-state index contributed by atoms with van der Waals surface area (Å²) in [5.41, 5.74) is 0.00338. The summed E-state index contributed by atoms with van der Waals surface area (Å²) < 4.78 is 43.6. The second-order valence-corrected chi connectivity index (χ2v) is 4.39. The van der Waals surface area contributed by atoms with E-state index in [9.17, 15) is 13.2 Å². The van der Waals surface area contributed by atoms with E-state index in [0.29, 0.717) is 5.69 Å². The van der Waals surface area contributed by atoms with E-state index in [2.05, 4.69) is 0 Å². The van der Waals surface area contributed by atoms with Crippen LogP contribution >= 0.6 is 0 Å². The van der Waals surface area contributed by atoms with E-state index in [-0.39, 0.29) is 11.9 Å². The minimum atomic E-state index is -4.37. The monoisotopic (exact) mass is 245 g/mol. The van der Waals surface area contributed by atoms with E-state index in [0.717, 1.165) is 18.9 Å². The molecule has 1 aliphatic carbocycles. The third-order valence-corrected chi connectivity index (χ3v) is 2.61. The van der Waals surface area contributed by atoms with Gasteiger partial charge in [-0.1, -0.05) is 0 Å². The van der Waals surface area contributed by atoms with Crippen molar-refractivity contribution in [2.45, 2.75) is 25.1 Å². The number of nitrogens with zero attached hydrogens (tertiary/aromatic N) is 1. The molecule has 0 radical (unpaired) electrons. The van der Waals surface area contributed by atoms with Crippen LogP contribution in [0.2, 0.25) is 0 Å². The molecule has 2 nitrogen and oxygen atoms in total. The van der Waals surface area contributed by atoms with Crippen LogP contribution in [-0.2, 0) is 6.18 Å². The van der Waals surface area contributed by atoms with Crippen molar-refractivity contribution in [1.29, 1.82) is 0 Å². The van der Waals surface area contributed by atoms with Gasteiger partial charge in [-0.05, 0) is 25.0 Å². The Morgan fingerprint density at radius 2 is 1.88 bits per heavy atom. The Morgan fingerprint density at radius 3 is 2.35 bits per heavy atom. The second kappa shape index (κ2) is 4.13. The van der Waals surface area contributed by atoms with Crippen molar-refractivity contribution >= 4 is 5.69 Å². The molecular formula is C12H14F3NO. The van der Waals surface area contributed by atoms with Crippen LogP contribution in [0.15, 0.2) is 18.2 Å². The number of hydrogen-bond acceptors (Lipinski definition) is 2. The van der Waals surface area contributed by atoms with Crippen LogP contribution < -0.4 is 9.64 Å². The van der Waals surface area contributed by atoms with Crippen molar-refractivity contribution in [3.63, 3.8) is 0 Å². The zero-order valence-corrected chi connectivity index (χ0v) is 9.71. The fourth-order valence-electron chi connectivity index (χ4n) is 1.49. The summed E-state index contributed by atoms with van der Waals surface area (Å²) in [6, 6.07) is 3.97. The first kappa shape index (κ1) is 12.1. The van der Waals surface area contributed by atoms with E-state index in [4.69, 9.17) is 4.74 Å².